The molecule has 2 atom stereocenters. The summed E-state index contributed by atoms with van der Waals surface area (Å²) in [5.41, 5.74) is 5.47. The molecule has 1 unspecified atom stereocenters. The first-order chi connectivity index (χ1) is 9.03. The van der Waals surface area contributed by atoms with Gasteiger partial charge in [0.25, 0.3) is 0 Å². The molecule has 5 heteroatoms. The Bertz CT molecular complexity index is 278. The molecule has 0 saturated heterocycles. The van der Waals surface area contributed by atoms with Crippen LogP contribution in [0, 0.1) is 0 Å². The maximum Gasteiger partial charge on any atom is 0.240 e. The smallest absolute Gasteiger partial charge is 0.240 e. The number of unbranched alkanes of at least 4 members (excludes halogenated alkanes) is 1. The van der Waals surface area contributed by atoms with Gasteiger partial charge in [0.1, 0.15) is 6.10 Å². The molecule has 0 aromatic rings. The van der Waals surface area contributed by atoms with Crippen molar-refractivity contribution in [3.63, 3.8) is 0 Å². The van der Waals surface area contributed by atoms with Crippen LogP contribution < -0.4 is 11.1 Å². The number of rotatable bonds is 7. The molecule has 0 spiro atoms. The van der Waals surface area contributed by atoms with Gasteiger partial charge in [-0.2, -0.15) is 0 Å². The van der Waals surface area contributed by atoms with E-state index in [1.54, 1.807) is 6.92 Å². The molecule has 1 aliphatic rings. The van der Waals surface area contributed by atoms with Gasteiger partial charge in [0, 0.05) is 0 Å². The molecule has 0 bridgehead atoms. The van der Waals surface area contributed by atoms with Crippen molar-refractivity contribution in [2.45, 2.75) is 82.9 Å². The topological polar surface area (TPSA) is 84.6 Å². The molecule has 5 nitrogen and oxygen atoms in total. The van der Waals surface area contributed by atoms with E-state index in [1.165, 1.54) is 0 Å². The molecule has 1 amide bonds. The molecule has 1 aliphatic carbocycles. The van der Waals surface area contributed by atoms with E-state index in [2.05, 4.69) is 17.1 Å². The van der Waals surface area contributed by atoms with Crippen LogP contribution in [0.25, 0.3) is 0 Å². The molecule has 1 fully saturated rings. The van der Waals surface area contributed by atoms with E-state index in [1.807, 2.05) is 0 Å². The quantitative estimate of drug-likeness (QED) is 0.490. The molecule has 0 heterocycles. The van der Waals surface area contributed by atoms with Crippen molar-refractivity contribution < 1.29 is 14.9 Å². The first-order valence-corrected chi connectivity index (χ1v) is 7.43. The summed E-state index contributed by atoms with van der Waals surface area (Å²) in [4.78, 5) is 16.7. The summed E-state index contributed by atoms with van der Waals surface area (Å²) in [6.07, 6.45) is 7.06. The van der Waals surface area contributed by atoms with E-state index in [-0.39, 0.29) is 11.9 Å². The van der Waals surface area contributed by atoms with Gasteiger partial charge in [0.2, 0.25) is 5.91 Å². The van der Waals surface area contributed by atoms with E-state index < -0.39 is 11.6 Å². The summed E-state index contributed by atoms with van der Waals surface area (Å²) >= 11 is 0. The first kappa shape index (κ1) is 16.4. The highest BCUT2D eigenvalue weighted by Gasteiger charge is 2.36. The Morgan fingerprint density at radius 3 is 2.58 bits per heavy atom. The van der Waals surface area contributed by atoms with Gasteiger partial charge in [-0.15, -0.1) is 0 Å². The molecule has 1 rings (SSSR count). The molecule has 4 N–H and O–H groups in total. The molecule has 0 aliphatic heterocycles. The van der Waals surface area contributed by atoms with E-state index >= 15 is 0 Å². The molecular weight excluding hydrogens is 244 g/mol. The van der Waals surface area contributed by atoms with Crippen LogP contribution in [0.1, 0.15) is 65.2 Å². The fourth-order valence-electron chi connectivity index (χ4n) is 2.64. The molecular formula is C14H28N2O3. The lowest BCUT2D eigenvalue weighted by molar-refractivity contribution is -0.279. The van der Waals surface area contributed by atoms with Crippen molar-refractivity contribution in [1.82, 2.24) is 5.32 Å². The minimum atomic E-state index is -0.738. The molecule has 0 radical (unpaired) electrons. The van der Waals surface area contributed by atoms with Crippen LogP contribution in [0.2, 0.25) is 0 Å². The van der Waals surface area contributed by atoms with Crippen LogP contribution in [0.5, 0.6) is 0 Å². The normalized spacial score (nSPS) is 21.7. The average Bonchev–Trinajstić information content (AvgIpc) is 2.43. The Balaban J connectivity index is 2.58. The van der Waals surface area contributed by atoms with E-state index in [0.29, 0.717) is 0 Å². The van der Waals surface area contributed by atoms with Gasteiger partial charge in [-0.05, 0) is 26.2 Å². The maximum absolute atomic E-state index is 12.3. The van der Waals surface area contributed by atoms with Crippen molar-refractivity contribution in [3.05, 3.63) is 0 Å². The van der Waals surface area contributed by atoms with Crippen molar-refractivity contribution in [2.24, 2.45) is 5.73 Å². The minimum Gasteiger partial charge on any atom is -0.349 e. The zero-order chi connectivity index (χ0) is 14.3. The largest absolute Gasteiger partial charge is 0.349 e. The summed E-state index contributed by atoms with van der Waals surface area (Å²) < 4.78 is 0. The molecule has 112 valence electrons. The highest BCUT2D eigenvalue weighted by Crippen LogP contribution is 2.26. The average molecular weight is 272 g/mol. The number of hydrogen-bond donors (Lipinski definition) is 3. The number of amides is 1. The van der Waals surface area contributed by atoms with Crippen LogP contribution in [-0.4, -0.2) is 28.8 Å². The Hall–Kier alpha value is -0.650. The van der Waals surface area contributed by atoms with Crippen LogP contribution in [0.15, 0.2) is 0 Å². The van der Waals surface area contributed by atoms with Crippen LogP contribution in [0.3, 0.4) is 0 Å². The summed E-state index contributed by atoms with van der Waals surface area (Å²) in [6, 6.07) is -0.181. The monoisotopic (exact) mass is 272 g/mol. The first-order valence-electron chi connectivity index (χ1n) is 7.43. The summed E-state index contributed by atoms with van der Waals surface area (Å²) in [5, 5.41) is 11.8. The van der Waals surface area contributed by atoms with Gasteiger partial charge in [0.05, 0.1) is 11.6 Å². The second-order valence-corrected chi connectivity index (χ2v) is 5.75. The van der Waals surface area contributed by atoms with Crippen molar-refractivity contribution >= 4 is 5.91 Å². The fourth-order valence-corrected chi connectivity index (χ4v) is 2.64. The third kappa shape index (κ3) is 4.75. The standard InChI is InChI=1S/C14H28N2O3/c1-3-4-8-12(11(2)19-18)16-13(17)14(15)9-6-5-7-10-14/h11-12,18H,3-10,15H2,1-2H3,(H,16,17)/t11?,12-/m0/s1. The third-order valence-electron chi connectivity index (χ3n) is 4.12. The SMILES string of the molecule is CCCC[C@H](NC(=O)C1(N)CCCCC1)C(C)OO. The predicted molar refractivity (Wildman–Crippen MR) is 74.6 cm³/mol. The Labute approximate surface area is 115 Å². The van der Waals surface area contributed by atoms with Gasteiger partial charge in [0.15, 0.2) is 0 Å². The lowest BCUT2D eigenvalue weighted by atomic mass is 9.81. The molecule has 19 heavy (non-hydrogen) atoms. The van der Waals surface area contributed by atoms with Crippen LogP contribution >= 0.6 is 0 Å². The molecule has 1 saturated carbocycles. The minimum absolute atomic E-state index is 0.0998. The Morgan fingerprint density at radius 2 is 2.05 bits per heavy atom. The van der Waals surface area contributed by atoms with Crippen LogP contribution in [-0.2, 0) is 9.68 Å². The van der Waals surface area contributed by atoms with Gasteiger partial charge in [-0.1, -0.05) is 39.0 Å². The van der Waals surface area contributed by atoms with Gasteiger partial charge < -0.3 is 11.1 Å². The summed E-state index contributed by atoms with van der Waals surface area (Å²) in [5.74, 6) is -0.0998. The summed E-state index contributed by atoms with van der Waals surface area (Å²) in [6.45, 7) is 3.85. The van der Waals surface area contributed by atoms with Crippen LogP contribution in [0.4, 0.5) is 0 Å². The number of nitrogens with one attached hydrogen (secondary N) is 1. The molecule has 0 aromatic heterocycles. The maximum atomic E-state index is 12.3. The Morgan fingerprint density at radius 1 is 1.42 bits per heavy atom. The lowest BCUT2D eigenvalue weighted by Crippen LogP contribution is -2.58. The highest BCUT2D eigenvalue weighted by atomic mass is 17.1. The number of hydrogen-bond acceptors (Lipinski definition) is 4. The van der Waals surface area contributed by atoms with Gasteiger partial charge in [-0.25, -0.2) is 4.89 Å². The van der Waals surface area contributed by atoms with E-state index in [9.17, 15) is 4.79 Å². The van der Waals surface area contributed by atoms with E-state index in [0.717, 1.165) is 51.4 Å². The fraction of sp³-hybridized carbons (Fsp3) is 0.929. The van der Waals surface area contributed by atoms with Gasteiger partial charge in [-0.3, -0.25) is 10.1 Å². The number of nitrogens with two attached hydrogens (primary N) is 1. The van der Waals surface area contributed by atoms with E-state index in [4.69, 9.17) is 11.0 Å². The molecule has 0 aromatic carbocycles. The van der Waals surface area contributed by atoms with Crippen molar-refractivity contribution in [1.29, 1.82) is 0 Å². The second kappa shape index (κ2) is 7.82. The van der Waals surface area contributed by atoms with Crippen molar-refractivity contribution in [2.75, 3.05) is 0 Å². The lowest BCUT2D eigenvalue weighted by Gasteiger charge is -2.34. The Kier molecular flexibility index (Phi) is 6.75. The number of carbonyl (C=O) groups excluding carboxylic acids is 1. The zero-order valence-corrected chi connectivity index (χ0v) is 12.2. The number of carbonyl (C=O) groups is 1. The second-order valence-electron chi connectivity index (χ2n) is 5.75. The highest BCUT2D eigenvalue weighted by molar-refractivity contribution is 5.86. The predicted octanol–water partition coefficient (Wildman–Crippen LogP) is 2.20. The summed E-state index contributed by atoms with van der Waals surface area (Å²) in [7, 11) is 0. The van der Waals surface area contributed by atoms with Crippen molar-refractivity contribution in [3.8, 4) is 0 Å². The third-order valence-corrected chi connectivity index (χ3v) is 4.12. The van der Waals surface area contributed by atoms with Gasteiger partial charge >= 0.3 is 0 Å². The zero-order valence-electron chi connectivity index (χ0n) is 12.2.